The van der Waals surface area contributed by atoms with Gasteiger partial charge in [-0.15, -0.1) is 0 Å². The second-order valence-corrected chi connectivity index (χ2v) is 5.47. The average molecular weight is 249 g/mol. The van der Waals surface area contributed by atoms with Crippen molar-refractivity contribution in [1.82, 2.24) is 0 Å². The van der Waals surface area contributed by atoms with Crippen LogP contribution < -0.4 is 0 Å². The van der Waals surface area contributed by atoms with Gasteiger partial charge in [0.25, 0.3) is 0 Å². The lowest BCUT2D eigenvalue weighted by molar-refractivity contribution is -0.121. The molecular weight excluding hydrogens is 234 g/mol. The molecule has 0 amide bonds. The first kappa shape index (κ1) is 10.9. The zero-order valence-corrected chi connectivity index (χ0v) is 10.7. The minimum Gasteiger partial charge on any atom is -0.299 e. The van der Waals surface area contributed by atoms with Gasteiger partial charge in [-0.2, -0.15) is 0 Å². The standard InChI is InChI=1S/C17H15NO/c19-16-7-3-6-15-14(16)10-12-9-8-11-4-1-2-5-13(11)17(12)18-15/h1-2,4-5,8-9,14H,3,6-7,10H2. The van der Waals surface area contributed by atoms with Gasteiger partial charge < -0.3 is 0 Å². The summed E-state index contributed by atoms with van der Waals surface area (Å²) in [7, 11) is 0. The molecule has 1 aliphatic carbocycles. The maximum Gasteiger partial charge on any atom is 0.141 e. The smallest absolute Gasteiger partial charge is 0.141 e. The van der Waals surface area contributed by atoms with E-state index in [1.165, 1.54) is 16.3 Å². The number of benzene rings is 2. The van der Waals surface area contributed by atoms with Crippen molar-refractivity contribution in [2.45, 2.75) is 25.7 Å². The van der Waals surface area contributed by atoms with Crippen molar-refractivity contribution in [2.24, 2.45) is 10.9 Å². The molecule has 2 aromatic carbocycles. The first-order chi connectivity index (χ1) is 9.33. The summed E-state index contributed by atoms with van der Waals surface area (Å²) in [4.78, 5) is 16.9. The molecule has 0 N–H and O–H groups in total. The number of aliphatic imine (C=N–C) groups is 1. The quantitative estimate of drug-likeness (QED) is 0.697. The first-order valence-electron chi connectivity index (χ1n) is 6.94. The summed E-state index contributed by atoms with van der Waals surface area (Å²) in [6.45, 7) is 0. The fourth-order valence-corrected chi connectivity index (χ4v) is 3.30. The predicted octanol–water partition coefficient (Wildman–Crippen LogP) is 3.84. The van der Waals surface area contributed by atoms with Crippen LogP contribution in [0.4, 0.5) is 5.69 Å². The molecule has 0 radical (unpaired) electrons. The molecule has 2 aliphatic rings. The minimum atomic E-state index is 0.0578. The molecule has 1 atom stereocenters. The molecule has 1 saturated carbocycles. The van der Waals surface area contributed by atoms with Gasteiger partial charge in [0.1, 0.15) is 5.78 Å². The molecule has 0 bridgehead atoms. The van der Waals surface area contributed by atoms with Crippen LogP contribution in [0.25, 0.3) is 10.8 Å². The van der Waals surface area contributed by atoms with E-state index in [-0.39, 0.29) is 5.92 Å². The molecule has 1 heterocycles. The number of carbonyl (C=O) groups excluding carboxylic acids is 1. The summed E-state index contributed by atoms with van der Waals surface area (Å²) in [5, 5.41) is 2.44. The number of nitrogens with zero attached hydrogens (tertiary/aromatic N) is 1. The number of hydrogen-bond donors (Lipinski definition) is 0. The number of carbonyl (C=O) groups is 1. The van der Waals surface area contributed by atoms with Gasteiger partial charge in [-0.3, -0.25) is 9.79 Å². The van der Waals surface area contributed by atoms with Gasteiger partial charge in [0.15, 0.2) is 0 Å². The topological polar surface area (TPSA) is 29.4 Å². The van der Waals surface area contributed by atoms with E-state index in [1.807, 2.05) is 0 Å². The second kappa shape index (κ2) is 4.02. The lowest BCUT2D eigenvalue weighted by Crippen LogP contribution is -2.32. The largest absolute Gasteiger partial charge is 0.299 e. The van der Waals surface area contributed by atoms with Crippen molar-refractivity contribution >= 4 is 28.0 Å². The highest BCUT2D eigenvalue weighted by Gasteiger charge is 2.32. The Kier molecular flexibility index (Phi) is 2.31. The molecule has 0 aromatic heterocycles. The molecule has 1 unspecified atom stereocenters. The van der Waals surface area contributed by atoms with Crippen molar-refractivity contribution in [1.29, 1.82) is 0 Å². The third-order valence-corrected chi connectivity index (χ3v) is 4.31. The SMILES string of the molecule is O=C1CCCC2=Nc3c(ccc4ccccc34)CC12. The van der Waals surface area contributed by atoms with Gasteiger partial charge in [0.2, 0.25) is 0 Å². The summed E-state index contributed by atoms with van der Waals surface area (Å²) in [6, 6.07) is 12.6. The van der Waals surface area contributed by atoms with Crippen molar-refractivity contribution < 1.29 is 4.79 Å². The Bertz CT molecular complexity index is 714. The van der Waals surface area contributed by atoms with Crippen LogP contribution >= 0.6 is 0 Å². The van der Waals surface area contributed by atoms with Crippen molar-refractivity contribution in [2.75, 3.05) is 0 Å². The Labute approximate surface area is 112 Å². The number of fused-ring (bicyclic) bond motifs is 4. The maximum atomic E-state index is 12.0. The third-order valence-electron chi connectivity index (χ3n) is 4.31. The van der Waals surface area contributed by atoms with E-state index < -0.39 is 0 Å². The van der Waals surface area contributed by atoms with Gasteiger partial charge in [0.05, 0.1) is 11.6 Å². The first-order valence-corrected chi connectivity index (χ1v) is 6.94. The zero-order valence-electron chi connectivity index (χ0n) is 10.7. The fourth-order valence-electron chi connectivity index (χ4n) is 3.30. The van der Waals surface area contributed by atoms with E-state index in [0.717, 1.165) is 37.1 Å². The molecule has 2 heteroatoms. The third kappa shape index (κ3) is 1.63. The summed E-state index contributed by atoms with van der Waals surface area (Å²) in [5.74, 6) is 0.436. The molecule has 2 nitrogen and oxygen atoms in total. The van der Waals surface area contributed by atoms with E-state index in [9.17, 15) is 4.79 Å². The summed E-state index contributed by atoms with van der Waals surface area (Å²) < 4.78 is 0. The molecule has 2 aromatic rings. The van der Waals surface area contributed by atoms with Crippen LogP contribution in [0.5, 0.6) is 0 Å². The minimum absolute atomic E-state index is 0.0578. The molecular formula is C17H15NO. The van der Waals surface area contributed by atoms with Crippen molar-refractivity contribution in [3.8, 4) is 0 Å². The predicted molar refractivity (Wildman–Crippen MR) is 77.1 cm³/mol. The molecule has 94 valence electrons. The molecule has 1 aliphatic heterocycles. The van der Waals surface area contributed by atoms with E-state index in [4.69, 9.17) is 4.99 Å². The number of Topliss-reactive ketones (excluding diaryl/α,β-unsaturated/α-hetero) is 1. The number of ketones is 1. The Hall–Kier alpha value is -1.96. The summed E-state index contributed by atoms with van der Waals surface area (Å²) in [5.41, 5.74) is 3.43. The van der Waals surface area contributed by atoms with E-state index in [2.05, 4.69) is 36.4 Å². The molecule has 4 rings (SSSR count). The Morgan fingerprint density at radius 3 is 2.89 bits per heavy atom. The Balaban J connectivity index is 1.94. The second-order valence-electron chi connectivity index (χ2n) is 5.47. The monoisotopic (exact) mass is 249 g/mol. The van der Waals surface area contributed by atoms with Crippen LogP contribution in [0, 0.1) is 5.92 Å². The van der Waals surface area contributed by atoms with Gasteiger partial charge in [-0.25, -0.2) is 0 Å². The normalized spacial score (nSPS) is 21.8. The number of hydrogen-bond acceptors (Lipinski definition) is 2. The fraction of sp³-hybridized carbons (Fsp3) is 0.294. The van der Waals surface area contributed by atoms with Crippen molar-refractivity contribution in [3.63, 3.8) is 0 Å². The van der Waals surface area contributed by atoms with Crippen LogP contribution in [0.3, 0.4) is 0 Å². The maximum absolute atomic E-state index is 12.0. The van der Waals surface area contributed by atoms with E-state index >= 15 is 0 Å². The van der Waals surface area contributed by atoms with E-state index in [1.54, 1.807) is 0 Å². The van der Waals surface area contributed by atoms with Gasteiger partial charge in [0, 0.05) is 17.5 Å². The van der Waals surface area contributed by atoms with Crippen LogP contribution in [0.15, 0.2) is 41.4 Å². The highest BCUT2D eigenvalue weighted by molar-refractivity contribution is 6.11. The van der Waals surface area contributed by atoms with Crippen LogP contribution in [-0.2, 0) is 11.2 Å². The Morgan fingerprint density at radius 1 is 1.05 bits per heavy atom. The van der Waals surface area contributed by atoms with Gasteiger partial charge in [-0.1, -0.05) is 36.4 Å². The lowest BCUT2D eigenvalue weighted by atomic mass is 9.79. The van der Waals surface area contributed by atoms with Crippen LogP contribution in [0.1, 0.15) is 24.8 Å². The van der Waals surface area contributed by atoms with Crippen LogP contribution in [-0.4, -0.2) is 11.5 Å². The molecule has 0 saturated heterocycles. The summed E-state index contributed by atoms with van der Waals surface area (Å²) in [6.07, 6.45) is 3.53. The molecule has 19 heavy (non-hydrogen) atoms. The van der Waals surface area contributed by atoms with Crippen LogP contribution in [0.2, 0.25) is 0 Å². The molecule has 1 fully saturated rings. The van der Waals surface area contributed by atoms with Crippen molar-refractivity contribution in [3.05, 3.63) is 42.0 Å². The highest BCUT2D eigenvalue weighted by atomic mass is 16.1. The Morgan fingerprint density at radius 2 is 1.95 bits per heavy atom. The average Bonchev–Trinajstić information content (AvgIpc) is 2.46. The molecule has 0 spiro atoms. The summed E-state index contributed by atoms with van der Waals surface area (Å²) >= 11 is 0. The van der Waals surface area contributed by atoms with Gasteiger partial charge in [-0.05, 0) is 30.2 Å². The zero-order chi connectivity index (χ0) is 12.8. The number of rotatable bonds is 0. The van der Waals surface area contributed by atoms with E-state index in [0.29, 0.717) is 5.78 Å². The highest BCUT2D eigenvalue weighted by Crippen LogP contribution is 2.38. The van der Waals surface area contributed by atoms with Gasteiger partial charge >= 0.3 is 0 Å². The lowest BCUT2D eigenvalue weighted by Gasteiger charge is -2.28.